The van der Waals surface area contributed by atoms with Gasteiger partial charge in [0.2, 0.25) is 0 Å². The lowest BCUT2D eigenvalue weighted by Crippen LogP contribution is -2.37. The third-order valence-corrected chi connectivity index (χ3v) is 4.59. The molecule has 1 N–H and O–H groups in total. The minimum atomic E-state index is 0.381. The molecule has 0 aromatic heterocycles. The van der Waals surface area contributed by atoms with Crippen molar-refractivity contribution in [3.63, 3.8) is 0 Å². The molecule has 0 radical (unpaired) electrons. The highest BCUT2D eigenvalue weighted by Crippen LogP contribution is 2.34. The number of nitrogens with one attached hydrogen (secondary N) is 1. The lowest BCUT2D eigenvalue weighted by Gasteiger charge is -2.24. The van der Waals surface area contributed by atoms with E-state index in [0.717, 1.165) is 0 Å². The lowest BCUT2D eigenvalue weighted by atomic mass is 10.1. The maximum Gasteiger partial charge on any atom is 0.0619 e. The standard InChI is InChI=1S/C12H25NS/c1-4-5-6-7-8-9-12(3)13-11(2)10-14-12/h11,13H,4-10H2,1-3H3. The number of hydrogen-bond acceptors (Lipinski definition) is 2. The van der Waals surface area contributed by atoms with E-state index in [-0.39, 0.29) is 0 Å². The molecule has 1 nitrogen and oxygen atoms in total. The van der Waals surface area contributed by atoms with Gasteiger partial charge in [0.25, 0.3) is 0 Å². The Hall–Kier alpha value is 0.310. The van der Waals surface area contributed by atoms with E-state index in [4.69, 9.17) is 0 Å². The van der Waals surface area contributed by atoms with E-state index in [0.29, 0.717) is 10.9 Å². The molecule has 1 rings (SSSR count). The van der Waals surface area contributed by atoms with Gasteiger partial charge in [-0.2, -0.15) is 0 Å². The van der Waals surface area contributed by atoms with Crippen LogP contribution in [0.3, 0.4) is 0 Å². The fourth-order valence-electron chi connectivity index (χ4n) is 2.12. The van der Waals surface area contributed by atoms with Crippen LogP contribution in [0, 0.1) is 0 Å². The Morgan fingerprint density at radius 2 is 2.00 bits per heavy atom. The topological polar surface area (TPSA) is 12.0 Å². The van der Waals surface area contributed by atoms with E-state index in [1.165, 1.54) is 44.3 Å². The molecule has 0 aromatic rings. The van der Waals surface area contributed by atoms with Crippen LogP contribution >= 0.6 is 11.8 Å². The van der Waals surface area contributed by atoms with E-state index in [9.17, 15) is 0 Å². The van der Waals surface area contributed by atoms with Crippen LogP contribution < -0.4 is 5.32 Å². The molecular weight excluding hydrogens is 190 g/mol. The number of rotatable bonds is 6. The van der Waals surface area contributed by atoms with Gasteiger partial charge in [0, 0.05) is 11.8 Å². The fourth-order valence-corrected chi connectivity index (χ4v) is 3.40. The van der Waals surface area contributed by atoms with E-state index in [1.54, 1.807) is 0 Å². The minimum absolute atomic E-state index is 0.381. The highest BCUT2D eigenvalue weighted by molar-refractivity contribution is 8.00. The summed E-state index contributed by atoms with van der Waals surface area (Å²) in [4.78, 5) is 0.381. The quantitative estimate of drug-likeness (QED) is 0.677. The Kier molecular flexibility index (Phi) is 5.32. The van der Waals surface area contributed by atoms with Crippen molar-refractivity contribution in [3.8, 4) is 0 Å². The summed E-state index contributed by atoms with van der Waals surface area (Å²) in [5, 5.41) is 3.68. The van der Waals surface area contributed by atoms with E-state index < -0.39 is 0 Å². The van der Waals surface area contributed by atoms with Gasteiger partial charge in [-0.3, -0.25) is 5.32 Å². The summed E-state index contributed by atoms with van der Waals surface area (Å²) in [6.45, 7) is 6.92. The second-order valence-electron chi connectivity index (χ2n) is 4.75. The molecule has 1 aliphatic heterocycles. The van der Waals surface area contributed by atoms with Gasteiger partial charge in [-0.25, -0.2) is 0 Å². The zero-order valence-electron chi connectivity index (χ0n) is 9.94. The van der Waals surface area contributed by atoms with Gasteiger partial charge in [0.1, 0.15) is 0 Å². The summed E-state index contributed by atoms with van der Waals surface area (Å²) in [6.07, 6.45) is 8.33. The van der Waals surface area contributed by atoms with Gasteiger partial charge in [-0.05, 0) is 20.3 Å². The first kappa shape index (κ1) is 12.4. The number of hydrogen-bond donors (Lipinski definition) is 1. The summed E-state index contributed by atoms with van der Waals surface area (Å²) in [6, 6.07) is 0.709. The van der Waals surface area contributed by atoms with E-state index in [1.807, 2.05) is 0 Å². The molecular formula is C12H25NS. The summed E-state index contributed by atoms with van der Waals surface area (Å²) >= 11 is 2.11. The first-order valence-corrected chi connectivity index (χ1v) is 7.06. The second kappa shape index (κ2) is 6.02. The van der Waals surface area contributed by atoms with Gasteiger partial charge in [0.15, 0.2) is 0 Å². The van der Waals surface area contributed by atoms with Crippen molar-refractivity contribution in [1.82, 2.24) is 5.32 Å². The average molecular weight is 215 g/mol. The van der Waals surface area contributed by atoms with Crippen molar-refractivity contribution in [3.05, 3.63) is 0 Å². The highest BCUT2D eigenvalue weighted by atomic mass is 32.2. The molecule has 2 atom stereocenters. The second-order valence-corrected chi connectivity index (χ2v) is 6.27. The van der Waals surface area contributed by atoms with Gasteiger partial charge < -0.3 is 0 Å². The van der Waals surface area contributed by atoms with Crippen molar-refractivity contribution in [2.24, 2.45) is 0 Å². The Balaban J connectivity index is 2.05. The molecule has 1 aliphatic rings. The first-order valence-electron chi connectivity index (χ1n) is 6.08. The minimum Gasteiger partial charge on any atom is -0.300 e. The molecule has 1 heterocycles. The van der Waals surface area contributed by atoms with Crippen molar-refractivity contribution >= 4 is 11.8 Å². The molecule has 0 saturated carbocycles. The molecule has 0 aromatic carbocycles. The van der Waals surface area contributed by atoms with Gasteiger partial charge in [0.05, 0.1) is 4.87 Å². The van der Waals surface area contributed by atoms with Crippen molar-refractivity contribution < 1.29 is 0 Å². The van der Waals surface area contributed by atoms with Crippen molar-refractivity contribution in [2.45, 2.75) is 70.2 Å². The van der Waals surface area contributed by atoms with Gasteiger partial charge in [-0.1, -0.05) is 39.0 Å². The molecule has 0 amide bonds. The Morgan fingerprint density at radius 1 is 1.29 bits per heavy atom. The zero-order chi connectivity index (χ0) is 10.4. The van der Waals surface area contributed by atoms with Crippen LogP contribution in [0.2, 0.25) is 0 Å². The molecule has 84 valence electrons. The highest BCUT2D eigenvalue weighted by Gasteiger charge is 2.31. The summed E-state index contributed by atoms with van der Waals surface area (Å²) in [7, 11) is 0. The molecule has 0 spiro atoms. The third-order valence-electron chi connectivity index (χ3n) is 2.96. The van der Waals surface area contributed by atoms with Crippen molar-refractivity contribution in [1.29, 1.82) is 0 Å². The Labute approximate surface area is 93.4 Å². The molecule has 0 aliphatic carbocycles. The monoisotopic (exact) mass is 215 g/mol. The largest absolute Gasteiger partial charge is 0.300 e. The third kappa shape index (κ3) is 4.22. The van der Waals surface area contributed by atoms with Crippen molar-refractivity contribution in [2.75, 3.05) is 5.75 Å². The van der Waals surface area contributed by atoms with Crippen LogP contribution in [0.15, 0.2) is 0 Å². The van der Waals surface area contributed by atoms with Gasteiger partial charge >= 0.3 is 0 Å². The predicted octanol–water partition coefficient (Wildman–Crippen LogP) is 3.79. The summed E-state index contributed by atoms with van der Waals surface area (Å²) < 4.78 is 0. The maximum absolute atomic E-state index is 3.68. The number of thioether (sulfide) groups is 1. The van der Waals surface area contributed by atoms with Crippen LogP contribution in [0.25, 0.3) is 0 Å². The van der Waals surface area contributed by atoms with Crippen LogP contribution in [-0.4, -0.2) is 16.7 Å². The van der Waals surface area contributed by atoms with E-state index in [2.05, 4.69) is 37.8 Å². The Bertz CT molecular complexity index is 160. The first-order chi connectivity index (χ1) is 6.66. The molecule has 1 saturated heterocycles. The Morgan fingerprint density at radius 3 is 2.57 bits per heavy atom. The molecule has 2 heteroatoms. The van der Waals surface area contributed by atoms with Crippen LogP contribution in [0.1, 0.15) is 59.3 Å². The van der Waals surface area contributed by atoms with Gasteiger partial charge in [-0.15, -0.1) is 11.8 Å². The lowest BCUT2D eigenvalue weighted by molar-refractivity contribution is 0.434. The van der Waals surface area contributed by atoms with Crippen LogP contribution in [-0.2, 0) is 0 Å². The molecule has 14 heavy (non-hydrogen) atoms. The molecule has 0 bridgehead atoms. The fraction of sp³-hybridized carbons (Fsp3) is 1.00. The molecule has 1 fully saturated rings. The van der Waals surface area contributed by atoms with E-state index >= 15 is 0 Å². The summed E-state index contributed by atoms with van der Waals surface area (Å²) in [5.41, 5.74) is 0. The SMILES string of the molecule is CCCCCCCC1(C)NC(C)CS1. The summed E-state index contributed by atoms with van der Waals surface area (Å²) in [5.74, 6) is 1.28. The maximum atomic E-state index is 3.68. The normalized spacial score (nSPS) is 32.4. The smallest absolute Gasteiger partial charge is 0.0619 e. The predicted molar refractivity (Wildman–Crippen MR) is 66.8 cm³/mol. The average Bonchev–Trinajstić information content (AvgIpc) is 2.47. The van der Waals surface area contributed by atoms with Crippen LogP contribution in [0.5, 0.6) is 0 Å². The number of unbranched alkanes of at least 4 members (excludes halogenated alkanes) is 4. The molecule has 2 unspecified atom stereocenters. The zero-order valence-corrected chi connectivity index (χ0v) is 10.8. The van der Waals surface area contributed by atoms with Crippen LogP contribution in [0.4, 0.5) is 0 Å².